The normalized spacial score (nSPS) is 13.1. The number of halogens is 1. The van der Waals surface area contributed by atoms with Crippen molar-refractivity contribution in [2.75, 3.05) is 0 Å². The van der Waals surface area contributed by atoms with Crippen LogP contribution in [-0.2, 0) is 7.05 Å². The van der Waals surface area contributed by atoms with Gasteiger partial charge in [-0.3, -0.25) is 4.68 Å². The van der Waals surface area contributed by atoms with Gasteiger partial charge < -0.3 is 5.11 Å². The third kappa shape index (κ3) is 1.88. The molecule has 2 aromatic heterocycles. The highest BCUT2D eigenvalue weighted by molar-refractivity contribution is 7.12. The quantitative estimate of drug-likeness (QED) is 0.897. The van der Waals surface area contributed by atoms with Crippen LogP contribution < -0.4 is 0 Å². The van der Waals surface area contributed by atoms with Crippen LogP contribution in [0.3, 0.4) is 0 Å². The lowest BCUT2D eigenvalue weighted by Crippen LogP contribution is -2.05. The van der Waals surface area contributed by atoms with Gasteiger partial charge in [-0.05, 0) is 25.5 Å². The van der Waals surface area contributed by atoms with Crippen LogP contribution in [-0.4, -0.2) is 14.9 Å². The van der Waals surface area contributed by atoms with E-state index < -0.39 is 6.10 Å². The minimum absolute atomic E-state index is 0.499. The van der Waals surface area contributed by atoms with Crippen molar-refractivity contribution in [3.05, 3.63) is 38.3 Å². The van der Waals surface area contributed by atoms with E-state index in [4.69, 9.17) is 11.6 Å². The molecule has 0 saturated heterocycles. The van der Waals surface area contributed by atoms with Gasteiger partial charge in [-0.1, -0.05) is 11.6 Å². The van der Waals surface area contributed by atoms with Crippen LogP contribution in [0.4, 0.5) is 0 Å². The first-order chi connectivity index (χ1) is 7.50. The van der Waals surface area contributed by atoms with Crippen LogP contribution in [0.5, 0.6) is 0 Å². The number of aliphatic hydroxyl groups excluding tert-OH is 1. The summed E-state index contributed by atoms with van der Waals surface area (Å²) < 4.78 is 1.61. The van der Waals surface area contributed by atoms with Crippen LogP contribution in [0.1, 0.15) is 27.1 Å². The second-order valence-electron chi connectivity index (χ2n) is 3.79. The molecular weight excluding hydrogens is 244 g/mol. The van der Waals surface area contributed by atoms with Crippen molar-refractivity contribution >= 4 is 22.9 Å². The van der Waals surface area contributed by atoms with Crippen LogP contribution >= 0.6 is 22.9 Å². The van der Waals surface area contributed by atoms with E-state index in [0.717, 1.165) is 4.88 Å². The smallest absolute Gasteiger partial charge is 0.131 e. The number of rotatable bonds is 2. The lowest BCUT2D eigenvalue weighted by atomic mass is 10.2. The first kappa shape index (κ1) is 11.6. The minimum Gasteiger partial charge on any atom is -0.381 e. The predicted octanol–water partition coefficient (Wildman–Crippen LogP) is 2.83. The van der Waals surface area contributed by atoms with Crippen molar-refractivity contribution < 1.29 is 5.11 Å². The summed E-state index contributed by atoms with van der Waals surface area (Å²) in [6.45, 7) is 4.08. The zero-order valence-electron chi connectivity index (χ0n) is 9.36. The van der Waals surface area contributed by atoms with E-state index in [-0.39, 0.29) is 0 Å². The average molecular weight is 257 g/mol. The molecule has 3 nitrogen and oxygen atoms in total. The fraction of sp³-hybridized carbons (Fsp3) is 0.364. The SMILES string of the molecule is Cc1cc(C(O)c2c(Cl)cnn2C)sc1C. The number of thiophene rings is 1. The zero-order valence-corrected chi connectivity index (χ0v) is 10.9. The molecular formula is C11H13ClN2OS. The third-order valence-electron chi connectivity index (χ3n) is 2.65. The molecule has 1 N–H and O–H groups in total. The molecule has 0 radical (unpaired) electrons. The fourth-order valence-corrected chi connectivity index (χ4v) is 2.90. The molecule has 5 heteroatoms. The van der Waals surface area contributed by atoms with Crippen molar-refractivity contribution in [2.24, 2.45) is 7.05 Å². The molecule has 0 aliphatic rings. The van der Waals surface area contributed by atoms with E-state index >= 15 is 0 Å². The van der Waals surface area contributed by atoms with Gasteiger partial charge in [0.2, 0.25) is 0 Å². The Bertz CT molecular complexity index is 479. The highest BCUT2D eigenvalue weighted by Gasteiger charge is 2.20. The van der Waals surface area contributed by atoms with Crippen molar-refractivity contribution in [1.82, 2.24) is 9.78 Å². The number of aryl methyl sites for hydroxylation is 3. The molecule has 1 atom stereocenters. The summed E-state index contributed by atoms with van der Waals surface area (Å²) in [4.78, 5) is 2.12. The van der Waals surface area contributed by atoms with Crippen molar-refractivity contribution in [3.8, 4) is 0 Å². The number of aromatic nitrogens is 2. The molecule has 2 heterocycles. The third-order valence-corrected chi connectivity index (χ3v) is 4.15. The Morgan fingerprint density at radius 3 is 2.62 bits per heavy atom. The average Bonchev–Trinajstić information content (AvgIpc) is 2.72. The second-order valence-corrected chi connectivity index (χ2v) is 5.49. The van der Waals surface area contributed by atoms with E-state index in [1.165, 1.54) is 10.4 Å². The van der Waals surface area contributed by atoms with Gasteiger partial charge >= 0.3 is 0 Å². The van der Waals surface area contributed by atoms with Gasteiger partial charge in [0.15, 0.2) is 0 Å². The first-order valence-corrected chi connectivity index (χ1v) is 6.12. The Kier molecular flexibility index (Phi) is 3.06. The van der Waals surface area contributed by atoms with Gasteiger partial charge in [0, 0.05) is 16.8 Å². The fourth-order valence-electron chi connectivity index (χ4n) is 1.60. The molecule has 0 fully saturated rings. The molecule has 0 aliphatic carbocycles. The van der Waals surface area contributed by atoms with E-state index in [1.54, 1.807) is 29.3 Å². The predicted molar refractivity (Wildman–Crippen MR) is 66.1 cm³/mol. The van der Waals surface area contributed by atoms with E-state index in [9.17, 15) is 5.11 Å². The Labute approximate surface area is 103 Å². The van der Waals surface area contributed by atoms with Crippen LogP contribution in [0.25, 0.3) is 0 Å². The minimum atomic E-state index is -0.697. The molecule has 2 rings (SSSR count). The van der Waals surface area contributed by atoms with E-state index in [0.29, 0.717) is 10.7 Å². The summed E-state index contributed by atoms with van der Waals surface area (Å²) in [5.41, 5.74) is 1.83. The van der Waals surface area contributed by atoms with Gasteiger partial charge in [-0.25, -0.2) is 0 Å². The molecule has 86 valence electrons. The number of nitrogens with zero attached hydrogens (tertiary/aromatic N) is 2. The van der Waals surface area contributed by atoms with Gasteiger partial charge in [0.05, 0.1) is 16.9 Å². The summed E-state index contributed by atoms with van der Waals surface area (Å²) in [6.07, 6.45) is 0.852. The first-order valence-electron chi connectivity index (χ1n) is 4.93. The lowest BCUT2D eigenvalue weighted by Gasteiger charge is -2.09. The molecule has 0 aromatic carbocycles. The summed E-state index contributed by atoms with van der Waals surface area (Å²) in [5.74, 6) is 0. The molecule has 0 bridgehead atoms. The maximum atomic E-state index is 10.2. The van der Waals surface area contributed by atoms with Gasteiger partial charge in [0.25, 0.3) is 0 Å². The summed E-state index contributed by atoms with van der Waals surface area (Å²) in [5, 5.41) is 14.8. The van der Waals surface area contributed by atoms with Crippen LogP contribution in [0.15, 0.2) is 12.3 Å². The molecule has 1 unspecified atom stereocenters. The van der Waals surface area contributed by atoms with Crippen LogP contribution in [0, 0.1) is 13.8 Å². The van der Waals surface area contributed by atoms with Gasteiger partial charge in [-0.2, -0.15) is 5.10 Å². The second kappa shape index (κ2) is 4.20. The topological polar surface area (TPSA) is 38.1 Å². The molecule has 0 saturated carbocycles. The highest BCUT2D eigenvalue weighted by atomic mass is 35.5. The maximum absolute atomic E-state index is 10.2. The van der Waals surface area contributed by atoms with Crippen molar-refractivity contribution in [3.63, 3.8) is 0 Å². The Morgan fingerprint density at radius 1 is 1.50 bits per heavy atom. The Morgan fingerprint density at radius 2 is 2.19 bits per heavy atom. The van der Waals surface area contributed by atoms with Crippen molar-refractivity contribution in [2.45, 2.75) is 20.0 Å². The Balaban J connectivity index is 2.42. The summed E-state index contributed by atoms with van der Waals surface area (Å²) in [7, 11) is 1.78. The Hall–Kier alpha value is -0.840. The largest absolute Gasteiger partial charge is 0.381 e. The summed E-state index contributed by atoms with van der Waals surface area (Å²) >= 11 is 7.59. The highest BCUT2D eigenvalue weighted by Crippen LogP contribution is 2.33. The molecule has 2 aromatic rings. The number of aliphatic hydroxyl groups is 1. The van der Waals surface area contributed by atoms with Gasteiger partial charge in [0.1, 0.15) is 6.10 Å². The van der Waals surface area contributed by atoms with E-state index in [1.807, 2.05) is 19.9 Å². The van der Waals surface area contributed by atoms with Crippen LogP contribution in [0.2, 0.25) is 5.02 Å². The number of hydrogen-bond donors (Lipinski definition) is 1. The van der Waals surface area contributed by atoms with Gasteiger partial charge in [-0.15, -0.1) is 11.3 Å². The molecule has 0 amide bonds. The molecule has 16 heavy (non-hydrogen) atoms. The standard InChI is InChI=1S/C11H13ClN2OS/c1-6-4-9(16-7(6)2)11(15)10-8(12)5-13-14(10)3/h4-5,11,15H,1-3H3. The zero-order chi connectivity index (χ0) is 11.9. The maximum Gasteiger partial charge on any atom is 0.131 e. The molecule has 0 spiro atoms. The van der Waals surface area contributed by atoms with Crippen molar-refractivity contribution in [1.29, 1.82) is 0 Å². The molecule has 0 aliphatic heterocycles. The number of hydrogen-bond acceptors (Lipinski definition) is 3. The monoisotopic (exact) mass is 256 g/mol. The van der Waals surface area contributed by atoms with E-state index in [2.05, 4.69) is 5.10 Å². The lowest BCUT2D eigenvalue weighted by molar-refractivity contribution is 0.213. The summed E-state index contributed by atoms with van der Waals surface area (Å²) in [6, 6.07) is 1.99.